The lowest BCUT2D eigenvalue weighted by molar-refractivity contribution is 0.184. The minimum absolute atomic E-state index is 0.333. The maximum Gasteiger partial charge on any atom is 0.192 e. The molecule has 0 bridgehead atoms. The Morgan fingerprint density at radius 3 is 1.88 bits per heavy atom. The summed E-state index contributed by atoms with van der Waals surface area (Å²) in [7, 11) is -1.55. The molecule has 1 unspecified atom stereocenters. The van der Waals surface area contributed by atoms with Crippen LogP contribution in [0.3, 0.4) is 0 Å². The molecule has 0 aliphatic rings. The maximum atomic E-state index is 6.32. The average Bonchev–Trinajstić information content (AvgIpc) is 1.99. The molecule has 0 aromatic rings. The minimum atomic E-state index is -1.55. The molecule has 2 heteroatoms. The fourth-order valence-corrected chi connectivity index (χ4v) is 3.03. The van der Waals surface area contributed by atoms with Gasteiger partial charge >= 0.3 is 0 Å². The largest absolute Gasteiger partial charge is 0.414 e. The number of hydrogen-bond acceptors (Lipinski definition) is 1. The molecule has 0 amide bonds. The second kappa shape index (κ2) is 6.20. The lowest BCUT2D eigenvalue weighted by Crippen LogP contribution is -2.43. The minimum Gasteiger partial charge on any atom is -0.414 e. The van der Waals surface area contributed by atoms with E-state index >= 15 is 0 Å². The van der Waals surface area contributed by atoms with Gasteiger partial charge in [0.1, 0.15) is 0 Å². The first kappa shape index (κ1) is 16.2. The molecule has 0 fully saturated rings. The van der Waals surface area contributed by atoms with Gasteiger partial charge in [-0.05, 0) is 37.4 Å². The zero-order valence-electron chi connectivity index (χ0n) is 12.7. The summed E-state index contributed by atoms with van der Waals surface area (Å²) in [5, 5.41) is 0.333. The van der Waals surface area contributed by atoms with Gasteiger partial charge in [-0.15, -0.1) is 0 Å². The van der Waals surface area contributed by atoms with E-state index in [0.717, 1.165) is 5.92 Å². The Labute approximate surface area is 104 Å². The summed E-state index contributed by atoms with van der Waals surface area (Å²) in [5.74, 6) is 0.820. The van der Waals surface area contributed by atoms with Crippen LogP contribution in [-0.2, 0) is 4.43 Å². The molecule has 0 aromatic carbocycles. The van der Waals surface area contributed by atoms with Gasteiger partial charge in [0.15, 0.2) is 8.32 Å². The summed E-state index contributed by atoms with van der Waals surface area (Å²) >= 11 is 0. The Balaban J connectivity index is 4.00. The highest BCUT2D eigenvalue weighted by atomic mass is 28.4. The van der Waals surface area contributed by atoms with Crippen LogP contribution in [0.5, 0.6) is 0 Å². The maximum absolute atomic E-state index is 6.32. The van der Waals surface area contributed by atoms with Crippen LogP contribution in [0, 0.1) is 5.92 Å². The summed E-state index contributed by atoms with van der Waals surface area (Å²) in [6.45, 7) is 18.4. The van der Waals surface area contributed by atoms with Crippen LogP contribution >= 0.6 is 0 Å². The zero-order valence-corrected chi connectivity index (χ0v) is 13.7. The van der Waals surface area contributed by atoms with Crippen molar-refractivity contribution in [2.24, 2.45) is 5.92 Å². The first-order valence-electron chi connectivity index (χ1n) is 6.74. The van der Waals surface area contributed by atoms with Crippen molar-refractivity contribution in [3.8, 4) is 0 Å². The molecule has 1 nitrogen and oxygen atoms in total. The standard InChI is InChI=1S/C14H32OSi/c1-12(2)10-9-11-13(3)15-16(7,8)14(4,5)6/h12-13H,9-11H2,1-8H3. The van der Waals surface area contributed by atoms with E-state index in [0.29, 0.717) is 11.1 Å². The summed E-state index contributed by atoms with van der Waals surface area (Å²) in [6, 6.07) is 0. The first-order valence-corrected chi connectivity index (χ1v) is 9.65. The van der Waals surface area contributed by atoms with Crippen LogP contribution in [0.1, 0.15) is 60.8 Å². The Morgan fingerprint density at radius 2 is 1.50 bits per heavy atom. The van der Waals surface area contributed by atoms with Crippen LogP contribution in [0.15, 0.2) is 0 Å². The molecule has 98 valence electrons. The molecule has 16 heavy (non-hydrogen) atoms. The number of rotatable bonds is 6. The van der Waals surface area contributed by atoms with Crippen molar-refractivity contribution < 1.29 is 4.43 Å². The van der Waals surface area contributed by atoms with Gasteiger partial charge in [-0.1, -0.05) is 47.5 Å². The fourth-order valence-electron chi connectivity index (χ4n) is 1.55. The van der Waals surface area contributed by atoms with Crippen molar-refractivity contribution in [2.75, 3.05) is 0 Å². The van der Waals surface area contributed by atoms with Crippen molar-refractivity contribution in [3.63, 3.8) is 0 Å². The molecule has 0 saturated carbocycles. The highest BCUT2D eigenvalue weighted by Crippen LogP contribution is 2.37. The molecular weight excluding hydrogens is 212 g/mol. The van der Waals surface area contributed by atoms with Gasteiger partial charge < -0.3 is 4.43 Å². The fraction of sp³-hybridized carbons (Fsp3) is 1.00. The quantitative estimate of drug-likeness (QED) is 0.582. The second-order valence-corrected chi connectivity index (χ2v) is 11.8. The molecule has 0 radical (unpaired) electrons. The van der Waals surface area contributed by atoms with Crippen LogP contribution in [0.2, 0.25) is 18.1 Å². The van der Waals surface area contributed by atoms with Gasteiger partial charge in [-0.2, -0.15) is 0 Å². The molecule has 1 atom stereocenters. The van der Waals surface area contributed by atoms with Crippen molar-refractivity contribution in [1.29, 1.82) is 0 Å². The van der Waals surface area contributed by atoms with E-state index in [9.17, 15) is 0 Å². The number of hydrogen-bond donors (Lipinski definition) is 0. The summed E-state index contributed by atoms with van der Waals surface area (Å²) in [6.07, 6.45) is 4.27. The Kier molecular flexibility index (Phi) is 6.27. The second-order valence-electron chi connectivity index (χ2n) is 7.01. The van der Waals surface area contributed by atoms with E-state index in [1.807, 2.05) is 0 Å². The molecule has 0 N–H and O–H groups in total. The van der Waals surface area contributed by atoms with Crippen LogP contribution < -0.4 is 0 Å². The Hall–Kier alpha value is 0.177. The highest BCUT2D eigenvalue weighted by molar-refractivity contribution is 6.74. The third-order valence-electron chi connectivity index (χ3n) is 3.69. The molecule has 0 aromatic heterocycles. The lowest BCUT2D eigenvalue weighted by Gasteiger charge is -2.38. The van der Waals surface area contributed by atoms with Gasteiger partial charge in [-0.3, -0.25) is 0 Å². The molecule has 0 rings (SSSR count). The Bertz CT molecular complexity index is 191. The van der Waals surface area contributed by atoms with Crippen molar-refractivity contribution in [3.05, 3.63) is 0 Å². The SMILES string of the molecule is CC(C)CCCC(C)O[Si](C)(C)C(C)(C)C. The normalized spacial score (nSPS) is 15.6. The van der Waals surface area contributed by atoms with E-state index in [2.05, 4.69) is 54.6 Å². The summed E-state index contributed by atoms with van der Waals surface area (Å²) in [4.78, 5) is 0. The summed E-state index contributed by atoms with van der Waals surface area (Å²) in [5.41, 5.74) is 0. The molecular formula is C14H32OSi. The lowest BCUT2D eigenvalue weighted by atomic mass is 10.1. The zero-order chi connectivity index (χ0) is 13.0. The predicted octanol–water partition coefficient (Wildman–Crippen LogP) is 5.22. The molecule has 0 aliphatic heterocycles. The van der Waals surface area contributed by atoms with Crippen molar-refractivity contribution >= 4 is 8.32 Å². The van der Waals surface area contributed by atoms with Crippen LogP contribution in [0.4, 0.5) is 0 Å². The van der Waals surface area contributed by atoms with Crippen molar-refractivity contribution in [1.82, 2.24) is 0 Å². The van der Waals surface area contributed by atoms with E-state index in [1.165, 1.54) is 19.3 Å². The highest BCUT2D eigenvalue weighted by Gasteiger charge is 2.38. The van der Waals surface area contributed by atoms with Crippen LogP contribution in [0.25, 0.3) is 0 Å². The van der Waals surface area contributed by atoms with E-state index in [1.54, 1.807) is 0 Å². The van der Waals surface area contributed by atoms with Crippen LogP contribution in [-0.4, -0.2) is 14.4 Å². The molecule has 0 saturated heterocycles. The topological polar surface area (TPSA) is 9.23 Å². The van der Waals surface area contributed by atoms with E-state index < -0.39 is 8.32 Å². The monoisotopic (exact) mass is 244 g/mol. The van der Waals surface area contributed by atoms with Crippen molar-refractivity contribution in [2.45, 2.75) is 85.0 Å². The first-order chi connectivity index (χ1) is 7.06. The molecule has 0 heterocycles. The van der Waals surface area contributed by atoms with Gasteiger partial charge in [0, 0.05) is 6.10 Å². The van der Waals surface area contributed by atoms with Gasteiger partial charge in [0.2, 0.25) is 0 Å². The summed E-state index contributed by atoms with van der Waals surface area (Å²) < 4.78 is 6.32. The van der Waals surface area contributed by atoms with E-state index in [4.69, 9.17) is 4.43 Å². The molecule has 0 aliphatic carbocycles. The van der Waals surface area contributed by atoms with Gasteiger partial charge in [0.25, 0.3) is 0 Å². The Morgan fingerprint density at radius 1 is 1.00 bits per heavy atom. The molecule has 0 spiro atoms. The smallest absolute Gasteiger partial charge is 0.192 e. The van der Waals surface area contributed by atoms with Gasteiger partial charge in [-0.25, -0.2) is 0 Å². The average molecular weight is 244 g/mol. The van der Waals surface area contributed by atoms with Gasteiger partial charge in [0.05, 0.1) is 0 Å². The third kappa shape index (κ3) is 6.05. The van der Waals surface area contributed by atoms with E-state index in [-0.39, 0.29) is 0 Å². The third-order valence-corrected chi connectivity index (χ3v) is 8.30. The predicted molar refractivity (Wildman–Crippen MR) is 76.4 cm³/mol.